The molecular formula is C13H16O2. The van der Waals surface area contributed by atoms with Gasteiger partial charge in [-0.1, -0.05) is 6.08 Å². The largest absolute Gasteiger partial charge is 0.508 e. The summed E-state index contributed by atoms with van der Waals surface area (Å²) in [6.07, 6.45) is 4.67. The Balaban J connectivity index is 2.27. The molecule has 0 bridgehead atoms. The Morgan fingerprint density at radius 1 is 1.60 bits per heavy atom. The first-order valence-corrected chi connectivity index (χ1v) is 5.25. The lowest BCUT2D eigenvalue weighted by molar-refractivity contribution is 0.0680. The van der Waals surface area contributed by atoms with E-state index in [1.807, 2.05) is 12.1 Å². The van der Waals surface area contributed by atoms with Crippen LogP contribution in [0.5, 0.6) is 11.5 Å². The summed E-state index contributed by atoms with van der Waals surface area (Å²) in [5.41, 5.74) is 0.961. The van der Waals surface area contributed by atoms with Crippen LogP contribution in [-0.4, -0.2) is 10.7 Å². The van der Waals surface area contributed by atoms with Crippen molar-refractivity contribution in [3.8, 4) is 11.5 Å². The maximum Gasteiger partial charge on any atom is 0.123 e. The van der Waals surface area contributed by atoms with E-state index in [1.165, 1.54) is 0 Å². The van der Waals surface area contributed by atoms with Crippen molar-refractivity contribution in [2.45, 2.75) is 31.8 Å². The zero-order valence-electron chi connectivity index (χ0n) is 8.99. The first kappa shape index (κ1) is 10.1. The summed E-state index contributed by atoms with van der Waals surface area (Å²) in [5, 5.41) is 9.35. The number of phenolic OH excluding ortho intramolecular Hbond substituents is 1. The molecule has 0 saturated heterocycles. The Labute approximate surface area is 90.2 Å². The summed E-state index contributed by atoms with van der Waals surface area (Å²) >= 11 is 0. The number of hydrogen-bond acceptors (Lipinski definition) is 2. The third-order valence-corrected chi connectivity index (χ3v) is 2.90. The predicted octanol–water partition coefficient (Wildman–Crippen LogP) is 3.05. The van der Waals surface area contributed by atoms with Gasteiger partial charge < -0.3 is 9.84 Å². The molecule has 0 spiro atoms. The van der Waals surface area contributed by atoms with Gasteiger partial charge in [-0.3, -0.25) is 0 Å². The Kier molecular flexibility index (Phi) is 2.43. The summed E-state index contributed by atoms with van der Waals surface area (Å²) < 4.78 is 5.93. The Morgan fingerprint density at radius 3 is 3.13 bits per heavy atom. The fraction of sp³-hybridized carbons (Fsp3) is 0.385. The van der Waals surface area contributed by atoms with Gasteiger partial charge in [-0.15, -0.1) is 6.58 Å². The molecule has 0 aromatic heterocycles. The van der Waals surface area contributed by atoms with Gasteiger partial charge in [0.05, 0.1) is 0 Å². The van der Waals surface area contributed by atoms with Crippen LogP contribution in [0.25, 0.3) is 0 Å². The fourth-order valence-corrected chi connectivity index (χ4v) is 2.03. The van der Waals surface area contributed by atoms with Gasteiger partial charge in [0.2, 0.25) is 0 Å². The van der Waals surface area contributed by atoms with Crippen LogP contribution in [0, 0.1) is 0 Å². The van der Waals surface area contributed by atoms with Crippen molar-refractivity contribution in [2.75, 3.05) is 0 Å². The second kappa shape index (κ2) is 3.61. The van der Waals surface area contributed by atoms with Crippen molar-refractivity contribution < 1.29 is 9.84 Å². The van der Waals surface area contributed by atoms with Gasteiger partial charge in [0.15, 0.2) is 0 Å². The SMILES string of the molecule is C=CCC1(C)CCc2cc(O)ccc2O1. The third-order valence-electron chi connectivity index (χ3n) is 2.90. The average molecular weight is 204 g/mol. The molecule has 0 fully saturated rings. The molecular weight excluding hydrogens is 188 g/mol. The average Bonchev–Trinajstić information content (AvgIpc) is 2.19. The molecule has 80 valence electrons. The van der Waals surface area contributed by atoms with Gasteiger partial charge in [0.25, 0.3) is 0 Å². The summed E-state index contributed by atoms with van der Waals surface area (Å²) in [7, 11) is 0. The van der Waals surface area contributed by atoms with Crippen LogP contribution in [0.4, 0.5) is 0 Å². The van der Waals surface area contributed by atoms with E-state index in [4.69, 9.17) is 4.74 Å². The van der Waals surface area contributed by atoms with Crippen molar-refractivity contribution >= 4 is 0 Å². The highest BCUT2D eigenvalue weighted by molar-refractivity contribution is 5.41. The van der Waals surface area contributed by atoms with Crippen molar-refractivity contribution in [2.24, 2.45) is 0 Å². The van der Waals surface area contributed by atoms with Crippen LogP contribution in [0.3, 0.4) is 0 Å². The third kappa shape index (κ3) is 1.99. The standard InChI is InChI=1S/C13H16O2/c1-3-7-13(2)8-6-10-9-11(14)4-5-12(10)15-13/h3-5,9,14H,1,6-8H2,2H3. The van der Waals surface area contributed by atoms with Crippen LogP contribution >= 0.6 is 0 Å². The maximum atomic E-state index is 9.35. The van der Waals surface area contributed by atoms with E-state index in [1.54, 1.807) is 12.1 Å². The number of aromatic hydroxyl groups is 1. The number of aryl methyl sites for hydroxylation is 1. The van der Waals surface area contributed by atoms with Crippen molar-refractivity contribution in [3.63, 3.8) is 0 Å². The van der Waals surface area contributed by atoms with Gasteiger partial charge >= 0.3 is 0 Å². The Hall–Kier alpha value is -1.44. The molecule has 0 aliphatic carbocycles. The minimum atomic E-state index is -0.133. The van der Waals surface area contributed by atoms with Crippen LogP contribution in [0.1, 0.15) is 25.3 Å². The molecule has 1 N–H and O–H groups in total. The van der Waals surface area contributed by atoms with Crippen molar-refractivity contribution in [1.82, 2.24) is 0 Å². The topological polar surface area (TPSA) is 29.5 Å². The van der Waals surface area contributed by atoms with Crippen molar-refractivity contribution in [3.05, 3.63) is 36.4 Å². The van der Waals surface area contributed by atoms with E-state index < -0.39 is 0 Å². The van der Waals surface area contributed by atoms with Gasteiger partial charge in [0, 0.05) is 6.42 Å². The number of hydrogen-bond donors (Lipinski definition) is 1. The van der Waals surface area contributed by atoms with Crippen molar-refractivity contribution in [1.29, 1.82) is 0 Å². The minimum Gasteiger partial charge on any atom is -0.508 e. The Bertz CT molecular complexity index is 384. The second-order valence-corrected chi connectivity index (χ2v) is 4.34. The van der Waals surface area contributed by atoms with Crippen LogP contribution < -0.4 is 4.74 Å². The number of fused-ring (bicyclic) bond motifs is 1. The van der Waals surface area contributed by atoms with E-state index in [9.17, 15) is 5.11 Å². The molecule has 0 radical (unpaired) electrons. The normalized spacial score (nSPS) is 24.1. The fourth-order valence-electron chi connectivity index (χ4n) is 2.03. The highest BCUT2D eigenvalue weighted by atomic mass is 16.5. The van der Waals surface area contributed by atoms with Crippen LogP contribution in [0.15, 0.2) is 30.9 Å². The predicted molar refractivity (Wildman–Crippen MR) is 60.3 cm³/mol. The molecule has 1 aliphatic heterocycles. The van der Waals surface area contributed by atoms with Gasteiger partial charge in [-0.2, -0.15) is 0 Å². The van der Waals surface area contributed by atoms with Gasteiger partial charge in [0.1, 0.15) is 17.1 Å². The number of phenols is 1. The monoisotopic (exact) mass is 204 g/mol. The lowest BCUT2D eigenvalue weighted by Gasteiger charge is -2.35. The number of benzene rings is 1. The zero-order valence-corrected chi connectivity index (χ0v) is 8.99. The van der Waals surface area contributed by atoms with Crippen LogP contribution in [0.2, 0.25) is 0 Å². The molecule has 2 nitrogen and oxygen atoms in total. The highest BCUT2D eigenvalue weighted by Gasteiger charge is 2.30. The van der Waals surface area contributed by atoms with E-state index in [0.29, 0.717) is 5.75 Å². The summed E-state index contributed by atoms with van der Waals surface area (Å²) in [6.45, 7) is 5.85. The van der Waals surface area contributed by atoms with E-state index >= 15 is 0 Å². The molecule has 2 heteroatoms. The number of rotatable bonds is 2. The maximum absolute atomic E-state index is 9.35. The second-order valence-electron chi connectivity index (χ2n) is 4.34. The minimum absolute atomic E-state index is 0.133. The van der Waals surface area contributed by atoms with Gasteiger partial charge in [-0.25, -0.2) is 0 Å². The molecule has 1 unspecified atom stereocenters. The first-order chi connectivity index (χ1) is 7.13. The molecule has 0 saturated carbocycles. The smallest absolute Gasteiger partial charge is 0.123 e. The molecule has 15 heavy (non-hydrogen) atoms. The van der Waals surface area contributed by atoms with Crippen LogP contribution in [-0.2, 0) is 6.42 Å². The zero-order chi connectivity index (χ0) is 10.9. The molecule has 1 aromatic rings. The van der Waals surface area contributed by atoms with E-state index in [0.717, 1.165) is 30.6 Å². The molecule has 1 atom stereocenters. The van der Waals surface area contributed by atoms with E-state index in [-0.39, 0.29) is 5.60 Å². The Morgan fingerprint density at radius 2 is 2.40 bits per heavy atom. The lowest BCUT2D eigenvalue weighted by atomic mass is 9.90. The van der Waals surface area contributed by atoms with Gasteiger partial charge in [-0.05, 0) is 43.5 Å². The molecule has 2 rings (SSSR count). The summed E-state index contributed by atoms with van der Waals surface area (Å²) in [6, 6.07) is 5.28. The number of ether oxygens (including phenoxy) is 1. The molecule has 1 aliphatic rings. The molecule has 1 heterocycles. The quantitative estimate of drug-likeness (QED) is 0.750. The highest BCUT2D eigenvalue weighted by Crippen LogP contribution is 2.36. The summed E-state index contributed by atoms with van der Waals surface area (Å²) in [4.78, 5) is 0. The molecule has 1 aromatic carbocycles. The summed E-state index contributed by atoms with van der Waals surface area (Å²) in [5.74, 6) is 1.20. The van der Waals surface area contributed by atoms with E-state index in [2.05, 4.69) is 13.5 Å². The molecule has 0 amide bonds. The lowest BCUT2D eigenvalue weighted by Crippen LogP contribution is -2.35. The first-order valence-electron chi connectivity index (χ1n) is 5.25.